The number of esters is 2. The van der Waals surface area contributed by atoms with Crippen molar-refractivity contribution in [3.8, 4) is 5.75 Å². The van der Waals surface area contributed by atoms with Crippen molar-refractivity contribution in [3.63, 3.8) is 0 Å². The summed E-state index contributed by atoms with van der Waals surface area (Å²) in [5, 5.41) is 3.17. The molecule has 0 saturated carbocycles. The number of carbonyl (C=O) groups excluding carboxylic acids is 3. The Balaban J connectivity index is 1.84. The molecule has 0 radical (unpaired) electrons. The first-order valence-corrected chi connectivity index (χ1v) is 10.2. The van der Waals surface area contributed by atoms with Gasteiger partial charge in [-0.3, -0.25) is 4.90 Å². The molecule has 1 saturated heterocycles. The molecule has 2 unspecified atom stereocenters. The van der Waals surface area contributed by atoms with Crippen molar-refractivity contribution >= 4 is 18.0 Å². The van der Waals surface area contributed by atoms with Gasteiger partial charge in [0.2, 0.25) is 0 Å². The molecule has 1 amide bonds. The Bertz CT molecular complexity index is 816. The number of benzene rings is 1. The van der Waals surface area contributed by atoms with E-state index in [9.17, 15) is 18.8 Å². The molecule has 9 heteroatoms. The molecular weight excluding hydrogens is 407 g/mol. The Morgan fingerprint density at radius 2 is 1.81 bits per heavy atom. The second-order valence-electron chi connectivity index (χ2n) is 7.85. The Kier molecular flexibility index (Phi) is 8.99. The van der Waals surface area contributed by atoms with Gasteiger partial charge in [-0.1, -0.05) is 13.8 Å². The molecule has 1 aromatic carbocycles. The summed E-state index contributed by atoms with van der Waals surface area (Å²) in [4.78, 5) is 37.4. The highest BCUT2D eigenvalue weighted by atomic mass is 19.1. The molecule has 0 spiro atoms. The Morgan fingerprint density at radius 1 is 1.16 bits per heavy atom. The highest BCUT2D eigenvalue weighted by Gasteiger charge is 2.31. The van der Waals surface area contributed by atoms with Crippen LogP contribution in [0, 0.1) is 11.7 Å². The van der Waals surface area contributed by atoms with E-state index >= 15 is 0 Å². The van der Waals surface area contributed by atoms with Crippen molar-refractivity contribution in [3.05, 3.63) is 41.7 Å². The van der Waals surface area contributed by atoms with Gasteiger partial charge in [0.1, 0.15) is 18.2 Å². The number of halogens is 1. The van der Waals surface area contributed by atoms with E-state index in [-0.39, 0.29) is 24.3 Å². The normalized spacial score (nSPS) is 18.8. The number of rotatable bonds is 7. The summed E-state index contributed by atoms with van der Waals surface area (Å²) in [6, 6.07) is 3.92. The van der Waals surface area contributed by atoms with E-state index < -0.39 is 23.8 Å². The third kappa shape index (κ3) is 7.67. The van der Waals surface area contributed by atoms with Crippen LogP contribution in [0.2, 0.25) is 0 Å². The van der Waals surface area contributed by atoms with Gasteiger partial charge in [-0.05, 0) is 38.0 Å². The first kappa shape index (κ1) is 24.3. The van der Waals surface area contributed by atoms with E-state index in [1.54, 1.807) is 0 Å². The smallest absolute Gasteiger partial charge is 0.418 e. The van der Waals surface area contributed by atoms with Crippen LogP contribution in [0.1, 0.15) is 33.3 Å². The lowest BCUT2D eigenvalue weighted by Crippen LogP contribution is -2.57. The topological polar surface area (TPSA) is 94.2 Å². The monoisotopic (exact) mass is 436 g/mol. The van der Waals surface area contributed by atoms with E-state index in [0.717, 1.165) is 12.2 Å². The lowest BCUT2D eigenvalue weighted by atomic mass is 10.1. The SMILES string of the molecule is CC(C)COc1ccc(F)c(COC(=O)/C=C/C(=O)OC(=O)N2C(C)CNCC2C)c1. The van der Waals surface area contributed by atoms with Gasteiger partial charge >= 0.3 is 18.0 Å². The molecule has 1 aliphatic heterocycles. The van der Waals surface area contributed by atoms with Gasteiger partial charge in [0.15, 0.2) is 0 Å². The van der Waals surface area contributed by atoms with Gasteiger partial charge in [0.05, 0.1) is 6.61 Å². The number of hydrogen-bond donors (Lipinski definition) is 1. The molecule has 1 fully saturated rings. The van der Waals surface area contributed by atoms with E-state index in [0.29, 0.717) is 31.4 Å². The first-order chi connectivity index (χ1) is 14.7. The second kappa shape index (κ2) is 11.5. The average molecular weight is 436 g/mol. The maximum Gasteiger partial charge on any atom is 0.418 e. The number of hydrogen-bond acceptors (Lipinski definition) is 7. The molecule has 2 atom stereocenters. The third-order valence-corrected chi connectivity index (χ3v) is 4.55. The van der Waals surface area contributed by atoms with Crippen molar-refractivity contribution in [2.45, 2.75) is 46.4 Å². The van der Waals surface area contributed by atoms with Crippen molar-refractivity contribution < 1.29 is 33.0 Å². The summed E-state index contributed by atoms with van der Waals surface area (Å²) in [6.45, 7) is 8.97. The van der Waals surface area contributed by atoms with Gasteiger partial charge in [-0.2, -0.15) is 0 Å². The lowest BCUT2D eigenvalue weighted by molar-refractivity contribution is -0.140. The van der Waals surface area contributed by atoms with Gasteiger partial charge < -0.3 is 19.5 Å². The number of carbonyl (C=O) groups is 3. The van der Waals surface area contributed by atoms with Crippen LogP contribution < -0.4 is 10.1 Å². The molecule has 170 valence electrons. The van der Waals surface area contributed by atoms with Crippen molar-refractivity contribution in [1.29, 1.82) is 0 Å². The summed E-state index contributed by atoms with van der Waals surface area (Å²) >= 11 is 0. The summed E-state index contributed by atoms with van der Waals surface area (Å²) in [6.07, 6.45) is 0.859. The highest BCUT2D eigenvalue weighted by Crippen LogP contribution is 2.18. The van der Waals surface area contributed by atoms with Crippen LogP contribution in [0.4, 0.5) is 9.18 Å². The Hall–Kier alpha value is -2.94. The predicted molar refractivity (Wildman–Crippen MR) is 111 cm³/mol. The molecule has 0 bridgehead atoms. The molecular formula is C22H29FN2O6. The lowest BCUT2D eigenvalue weighted by Gasteiger charge is -2.38. The van der Waals surface area contributed by atoms with Crippen LogP contribution in [-0.2, 0) is 25.7 Å². The highest BCUT2D eigenvalue weighted by molar-refractivity contribution is 5.96. The second-order valence-corrected chi connectivity index (χ2v) is 7.85. The van der Waals surface area contributed by atoms with Crippen LogP contribution in [-0.4, -0.2) is 54.7 Å². The number of nitrogens with zero attached hydrogens (tertiary/aromatic N) is 1. The molecule has 0 aliphatic carbocycles. The van der Waals surface area contributed by atoms with Crippen LogP contribution in [0.25, 0.3) is 0 Å². The molecule has 1 aliphatic rings. The summed E-state index contributed by atoms with van der Waals surface area (Å²) in [5.41, 5.74) is 0.141. The van der Waals surface area contributed by atoms with Gasteiger partial charge in [0, 0.05) is 42.9 Å². The van der Waals surface area contributed by atoms with E-state index in [4.69, 9.17) is 14.2 Å². The molecule has 0 aromatic heterocycles. The zero-order valence-electron chi connectivity index (χ0n) is 18.2. The zero-order valence-corrected chi connectivity index (χ0v) is 18.2. The maximum absolute atomic E-state index is 13.9. The molecule has 8 nitrogen and oxygen atoms in total. The average Bonchev–Trinajstić information content (AvgIpc) is 2.70. The first-order valence-electron chi connectivity index (χ1n) is 10.2. The standard InChI is InChI=1S/C22H29FN2O6/c1-14(2)12-29-18-5-6-19(23)17(9-18)13-30-20(26)7-8-21(27)31-22(28)25-15(3)10-24-11-16(25)4/h5-9,14-16,24H,10-13H2,1-4H3/b8-7+. The number of ether oxygens (including phenoxy) is 3. The van der Waals surface area contributed by atoms with E-state index in [2.05, 4.69) is 5.32 Å². The van der Waals surface area contributed by atoms with Crippen molar-refractivity contribution in [1.82, 2.24) is 10.2 Å². The molecule has 2 rings (SSSR count). The molecule has 1 aromatic rings. The Morgan fingerprint density at radius 3 is 2.45 bits per heavy atom. The van der Waals surface area contributed by atoms with Gasteiger partial charge in [-0.25, -0.2) is 18.8 Å². The molecule has 1 N–H and O–H groups in total. The van der Waals surface area contributed by atoms with Crippen LogP contribution in [0.15, 0.2) is 30.4 Å². The summed E-state index contributed by atoms with van der Waals surface area (Å²) < 4.78 is 29.2. The number of nitrogens with one attached hydrogen (secondary N) is 1. The zero-order chi connectivity index (χ0) is 23.0. The minimum Gasteiger partial charge on any atom is -0.493 e. The number of amides is 1. The van der Waals surface area contributed by atoms with Gasteiger partial charge in [0.25, 0.3) is 0 Å². The number of piperazine rings is 1. The minimum atomic E-state index is -0.991. The summed E-state index contributed by atoms with van der Waals surface area (Å²) in [7, 11) is 0. The molecule has 1 heterocycles. The summed E-state index contributed by atoms with van der Waals surface area (Å²) in [5.74, 6) is -1.63. The van der Waals surface area contributed by atoms with Crippen molar-refractivity contribution in [2.24, 2.45) is 5.92 Å². The van der Waals surface area contributed by atoms with E-state index in [1.807, 2.05) is 27.7 Å². The van der Waals surface area contributed by atoms with Crippen LogP contribution in [0.5, 0.6) is 5.75 Å². The minimum absolute atomic E-state index is 0.131. The molecule has 31 heavy (non-hydrogen) atoms. The fourth-order valence-corrected chi connectivity index (χ4v) is 3.01. The maximum atomic E-state index is 13.9. The van der Waals surface area contributed by atoms with Crippen LogP contribution >= 0.6 is 0 Å². The van der Waals surface area contributed by atoms with Crippen molar-refractivity contribution in [2.75, 3.05) is 19.7 Å². The fraction of sp³-hybridized carbons (Fsp3) is 0.500. The predicted octanol–water partition coefficient (Wildman–Crippen LogP) is 2.81. The van der Waals surface area contributed by atoms with E-state index in [1.165, 1.54) is 23.1 Å². The third-order valence-electron chi connectivity index (χ3n) is 4.55. The van der Waals surface area contributed by atoms with Gasteiger partial charge in [-0.15, -0.1) is 0 Å². The van der Waals surface area contributed by atoms with Crippen LogP contribution in [0.3, 0.4) is 0 Å². The quantitative estimate of drug-likeness (QED) is 0.399. The Labute approximate surface area is 181 Å². The largest absolute Gasteiger partial charge is 0.493 e. The fourth-order valence-electron chi connectivity index (χ4n) is 3.01.